The van der Waals surface area contributed by atoms with Gasteiger partial charge in [0.1, 0.15) is 0 Å². The first-order valence-electron chi connectivity index (χ1n) is 22.7. The number of fused-ring (bicyclic) bond motifs is 21. The molecule has 0 saturated carbocycles. The van der Waals surface area contributed by atoms with Crippen molar-refractivity contribution >= 4 is 23.5 Å². The normalized spacial score (nSPS) is 15.9. The Morgan fingerprint density at radius 2 is 0.400 bits per heavy atom. The van der Waals surface area contributed by atoms with Crippen LogP contribution in [0.2, 0.25) is 0 Å². The van der Waals surface area contributed by atoms with Crippen LogP contribution in [0, 0.1) is 0 Å². The van der Waals surface area contributed by atoms with Crippen molar-refractivity contribution in [3.8, 4) is 33.4 Å². The molecule has 2 aliphatic heterocycles. The lowest BCUT2D eigenvalue weighted by atomic mass is 9.62. The summed E-state index contributed by atoms with van der Waals surface area (Å²) in [5, 5.41) is 0. The van der Waals surface area contributed by atoms with Crippen LogP contribution in [0.1, 0.15) is 66.8 Å². The molecule has 2 heteroatoms. The SMILES string of the molecule is c1ccc2c(c1)Sc1ccccc1C21c2ccccc2-c2c1cccc2C1(c2cccc3c2-c2ccccc2C32c3ccccc3Sc3ccccc32)c2ccccc2-c2ccccc21. The monoisotopic (exact) mass is 858 g/mol. The van der Waals surface area contributed by atoms with Crippen molar-refractivity contribution in [2.24, 2.45) is 0 Å². The molecule has 0 aromatic heterocycles. The highest BCUT2D eigenvalue weighted by Gasteiger charge is 2.57. The third-order valence-corrected chi connectivity index (χ3v) is 17.8. The van der Waals surface area contributed by atoms with Crippen LogP contribution in [0.25, 0.3) is 33.4 Å². The van der Waals surface area contributed by atoms with Gasteiger partial charge in [-0.3, -0.25) is 0 Å². The molecule has 302 valence electrons. The van der Waals surface area contributed by atoms with Crippen molar-refractivity contribution in [1.29, 1.82) is 0 Å². The molecule has 0 N–H and O–H groups in total. The van der Waals surface area contributed by atoms with Gasteiger partial charge in [0.25, 0.3) is 0 Å². The van der Waals surface area contributed by atoms with Crippen LogP contribution >= 0.6 is 23.5 Å². The first-order chi connectivity index (χ1) is 32.3. The van der Waals surface area contributed by atoms with Crippen molar-refractivity contribution in [1.82, 2.24) is 0 Å². The molecule has 65 heavy (non-hydrogen) atoms. The zero-order valence-corrected chi connectivity index (χ0v) is 36.9. The molecule has 0 atom stereocenters. The lowest BCUT2D eigenvalue weighted by Gasteiger charge is -2.41. The van der Waals surface area contributed by atoms with E-state index in [4.69, 9.17) is 0 Å². The topological polar surface area (TPSA) is 0 Å². The highest BCUT2D eigenvalue weighted by Crippen LogP contribution is 2.69. The van der Waals surface area contributed by atoms with Crippen LogP contribution in [0.4, 0.5) is 0 Å². The maximum atomic E-state index is 2.49. The minimum atomic E-state index is -0.688. The van der Waals surface area contributed by atoms with Gasteiger partial charge in [-0.15, -0.1) is 0 Å². The Bertz CT molecular complexity index is 3370. The van der Waals surface area contributed by atoms with Gasteiger partial charge in [-0.25, -0.2) is 0 Å². The molecular weight excluding hydrogens is 821 g/mol. The standard InChI is InChI=1S/C63H38S2/c1-5-23-43-39(19-1)40-20-2-6-24-44(40)61(43,51-31-17-33-53-59(51)41-21-3-7-25-45(41)62(53)47-27-9-13-35-55(47)64-56-36-14-10-28-48(56)62)52-32-18-34-54-60(52)42-22-4-8-26-46(42)63(54)49-29-11-15-37-57(49)65-58-38-16-12-30-50(58)63/h1-38H. The molecular formula is C63H38S2. The van der Waals surface area contributed by atoms with E-state index in [-0.39, 0.29) is 0 Å². The molecule has 0 saturated heterocycles. The fraction of sp³-hybridized carbons (Fsp3) is 0.0476. The van der Waals surface area contributed by atoms with Crippen molar-refractivity contribution in [3.05, 3.63) is 297 Å². The lowest BCUT2D eigenvalue weighted by Crippen LogP contribution is -2.34. The maximum absolute atomic E-state index is 2.49. The van der Waals surface area contributed by atoms with Crippen molar-refractivity contribution in [2.45, 2.75) is 35.8 Å². The highest BCUT2D eigenvalue weighted by atomic mass is 32.2. The molecule has 2 spiro atoms. The first-order valence-corrected chi connectivity index (χ1v) is 24.3. The molecule has 3 aliphatic carbocycles. The van der Waals surface area contributed by atoms with Gasteiger partial charge in [-0.05, 0) is 124 Å². The largest absolute Gasteiger partial charge is 0.0894 e. The predicted octanol–water partition coefficient (Wildman–Crippen LogP) is 15.7. The molecule has 10 aromatic rings. The Labute approximate surface area is 387 Å². The van der Waals surface area contributed by atoms with Gasteiger partial charge in [-0.2, -0.15) is 0 Å². The van der Waals surface area contributed by atoms with Crippen LogP contribution in [0.15, 0.2) is 250 Å². The third-order valence-electron chi connectivity index (χ3n) is 15.5. The molecule has 10 aromatic carbocycles. The summed E-state index contributed by atoms with van der Waals surface area (Å²) in [6.07, 6.45) is 0. The van der Waals surface area contributed by atoms with E-state index in [1.165, 1.54) is 120 Å². The van der Waals surface area contributed by atoms with E-state index in [2.05, 4.69) is 231 Å². The first kappa shape index (κ1) is 36.3. The Morgan fingerprint density at radius 3 is 0.723 bits per heavy atom. The van der Waals surface area contributed by atoms with Crippen LogP contribution in [0.5, 0.6) is 0 Å². The van der Waals surface area contributed by atoms with Crippen molar-refractivity contribution < 1.29 is 0 Å². The summed E-state index contributed by atoms with van der Waals surface area (Å²) in [6.45, 7) is 0. The fourth-order valence-corrected chi connectivity index (χ4v) is 15.8. The molecule has 0 radical (unpaired) electrons. The number of rotatable bonds is 2. The second-order valence-electron chi connectivity index (χ2n) is 18.1. The average molecular weight is 859 g/mol. The van der Waals surface area contributed by atoms with E-state index < -0.39 is 16.2 Å². The summed E-state index contributed by atoms with van der Waals surface area (Å²) in [7, 11) is 0. The predicted molar refractivity (Wildman–Crippen MR) is 267 cm³/mol. The van der Waals surface area contributed by atoms with Gasteiger partial charge in [0.2, 0.25) is 0 Å². The molecule has 2 heterocycles. The summed E-state index contributed by atoms with van der Waals surface area (Å²) >= 11 is 3.81. The van der Waals surface area contributed by atoms with E-state index in [9.17, 15) is 0 Å². The third kappa shape index (κ3) is 4.25. The minimum Gasteiger partial charge on any atom is -0.0894 e. The fourth-order valence-electron chi connectivity index (χ4n) is 13.4. The Morgan fingerprint density at radius 1 is 0.185 bits per heavy atom. The van der Waals surface area contributed by atoms with Crippen LogP contribution in [-0.4, -0.2) is 0 Å². The van der Waals surface area contributed by atoms with E-state index in [1.54, 1.807) is 0 Å². The highest BCUT2D eigenvalue weighted by molar-refractivity contribution is 7.99. The van der Waals surface area contributed by atoms with Crippen LogP contribution in [0.3, 0.4) is 0 Å². The zero-order chi connectivity index (χ0) is 42.5. The molecule has 15 rings (SSSR count). The van der Waals surface area contributed by atoms with Crippen LogP contribution < -0.4 is 0 Å². The molecule has 0 bridgehead atoms. The van der Waals surface area contributed by atoms with E-state index in [0.717, 1.165) is 0 Å². The van der Waals surface area contributed by atoms with Gasteiger partial charge < -0.3 is 0 Å². The van der Waals surface area contributed by atoms with Gasteiger partial charge in [0.05, 0.1) is 16.2 Å². The smallest absolute Gasteiger partial charge is 0.0735 e. The molecule has 5 aliphatic rings. The molecule has 0 amide bonds. The van der Waals surface area contributed by atoms with Crippen molar-refractivity contribution in [3.63, 3.8) is 0 Å². The Kier molecular flexibility index (Phi) is 7.26. The van der Waals surface area contributed by atoms with Gasteiger partial charge in [0, 0.05) is 19.6 Å². The zero-order valence-electron chi connectivity index (χ0n) is 35.3. The average Bonchev–Trinajstić information content (AvgIpc) is 3.96. The van der Waals surface area contributed by atoms with E-state index in [1.807, 2.05) is 23.5 Å². The summed E-state index contributed by atoms with van der Waals surface area (Å²) < 4.78 is 0. The van der Waals surface area contributed by atoms with Gasteiger partial charge >= 0.3 is 0 Å². The Balaban J connectivity index is 1.13. The number of hydrogen-bond acceptors (Lipinski definition) is 2. The van der Waals surface area contributed by atoms with Gasteiger partial charge in [0.15, 0.2) is 0 Å². The summed E-state index contributed by atoms with van der Waals surface area (Å²) in [4.78, 5) is 5.28. The lowest BCUT2D eigenvalue weighted by molar-refractivity contribution is 0.713. The van der Waals surface area contributed by atoms with Gasteiger partial charge in [-0.1, -0.05) is 230 Å². The van der Waals surface area contributed by atoms with Crippen LogP contribution in [-0.2, 0) is 16.2 Å². The van der Waals surface area contributed by atoms with Crippen molar-refractivity contribution in [2.75, 3.05) is 0 Å². The second-order valence-corrected chi connectivity index (χ2v) is 20.2. The summed E-state index contributed by atoms with van der Waals surface area (Å²) in [5.41, 5.74) is 22.4. The summed E-state index contributed by atoms with van der Waals surface area (Å²) in [5.74, 6) is 0. The molecule has 0 fully saturated rings. The van der Waals surface area contributed by atoms with E-state index in [0.29, 0.717) is 0 Å². The number of benzene rings is 10. The minimum absolute atomic E-state index is 0.498. The number of hydrogen-bond donors (Lipinski definition) is 0. The quantitative estimate of drug-likeness (QED) is 0.170. The Hall–Kier alpha value is -7.10. The second kappa shape index (κ2) is 13.0. The van der Waals surface area contributed by atoms with E-state index >= 15 is 0 Å². The summed E-state index contributed by atoms with van der Waals surface area (Å²) in [6, 6.07) is 88.6. The molecule has 0 nitrogen and oxygen atoms in total. The maximum Gasteiger partial charge on any atom is 0.0735 e. The molecule has 0 unspecified atom stereocenters.